The molecule has 0 bridgehead atoms. The number of para-hydroxylation sites is 2. The molecule has 0 spiro atoms. The highest BCUT2D eigenvalue weighted by Gasteiger charge is 2.34. The molecule has 0 amide bonds. The minimum absolute atomic E-state index is 0.407. The van der Waals surface area contributed by atoms with Crippen molar-refractivity contribution in [2.45, 2.75) is 12.5 Å². The van der Waals surface area contributed by atoms with E-state index in [1.54, 1.807) is 0 Å². The quantitative estimate of drug-likeness (QED) is 0.742. The number of rotatable bonds is 1. The molecule has 1 atom stereocenters. The van der Waals surface area contributed by atoms with Gasteiger partial charge < -0.3 is 9.47 Å². The van der Waals surface area contributed by atoms with Crippen molar-refractivity contribution >= 4 is 0 Å². The topological polar surface area (TPSA) is 18.5 Å². The molecule has 0 aliphatic carbocycles. The van der Waals surface area contributed by atoms with Gasteiger partial charge in [-0.2, -0.15) is 0 Å². The van der Waals surface area contributed by atoms with Crippen LogP contribution in [0.5, 0.6) is 11.5 Å². The molecule has 1 aliphatic rings. The molecule has 1 heterocycles. The lowest BCUT2D eigenvalue weighted by atomic mass is 9.96. The Kier molecular flexibility index (Phi) is 2.29. The van der Waals surface area contributed by atoms with Gasteiger partial charge in [0.25, 0.3) is 0 Å². The first-order valence-corrected chi connectivity index (χ1v) is 5.74. The average molecular weight is 226 g/mol. The average Bonchev–Trinajstić information content (AvgIpc) is 2.40. The molecular formula is C15H14O2. The number of hydrogen-bond acceptors (Lipinski definition) is 2. The summed E-state index contributed by atoms with van der Waals surface area (Å²) < 4.78 is 11.8. The third-order valence-corrected chi connectivity index (χ3v) is 3.07. The maximum atomic E-state index is 6.08. The Morgan fingerprint density at radius 3 is 2.29 bits per heavy atom. The van der Waals surface area contributed by atoms with Crippen LogP contribution in [0.15, 0.2) is 54.6 Å². The van der Waals surface area contributed by atoms with Crippen LogP contribution in [0.3, 0.4) is 0 Å². The summed E-state index contributed by atoms with van der Waals surface area (Å²) in [5, 5.41) is 0. The number of hydrogen-bond donors (Lipinski definition) is 0. The minimum Gasteiger partial charge on any atom is -0.485 e. The molecule has 2 aromatic rings. The van der Waals surface area contributed by atoms with Crippen molar-refractivity contribution in [3.63, 3.8) is 0 Å². The smallest absolute Gasteiger partial charge is 0.165 e. The molecule has 0 N–H and O–H groups in total. The van der Waals surface area contributed by atoms with E-state index >= 15 is 0 Å². The monoisotopic (exact) mass is 226 g/mol. The lowest BCUT2D eigenvalue weighted by Gasteiger charge is -2.35. The lowest BCUT2D eigenvalue weighted by Crippen LogP contribution is -2.39. The summed E-state index contributed by atoms with van der Waals surface area (Å²) in [7, 11) is 0. The molecule has 17 heavy (non-hydrogen) atoms. The van der Waals surface area contributed by atoms with Gasteiger partial charge in [-0.15, -0.1) is 0 Å². The number of benzene rings is 2. The van der Waals surface area contributed by atoms with Crippen LogP contribution in [-0.2, 0) is 5.60 Å². The van der Waals surface area contributed by atoms with Crippen LogP contribution in [0.25, 0.3) is 0 Å². The second kappa shape index (κ2) is 3.81. The van der Waals surface area contributed by atoms with Crippen LogP contribution in [-0.4, -0.2) is 6.61 Å². The Bertz CT molecular complexity index is 521. The molecule has 0 radical (unpaired) electrons. The van der Waals surface area contributed by atoms with Crippen molar-refractivity contribution < 1.29 is 9.47 Å². The second-order valence-corrected chi connectivity index (χ2v) is 4.43. The summed E-state index contributed by atoms with van der Waals surface area (Å²) in [6.07, 6.45) is 0. The van der Waals surface area contributed by atoms with Crippen molar-refractivity contribution in [3.05, 3.63) is 60.2 Å². The standard InChI is InChI=1S/C15H14O2/c1-15(12-7-3-2-4-8-12)11-16-13-9-5-6-10-14(13)17-15/h2-10H,11H2,1H3. The highest BCUT2D eigenvalue weighted by Crippen LogP contribution is 2.39. The van der Waals surface area contributed by atoms with Gasteiger partial charge in [-0.25, -0.2) is 0 Å². The van der Waals surface area contributed by atoms with Gasteiger partial charge in [-0.3, -0.25) is 0 Å². The van der Waals surface area contributed by atoms with Gasteiger partial charge in [0, 0.05) is 0 Å². The summed E-state index contributed by atoms with van der Waals surface area (Å²) in [5.74, 6) is 1.63. The zero-order chi connectivity index (χ0) is 11.7. The van der Waals surface area contributed by atoms with Crippen LogP contribution in [0.2, 0.25) is 0 Å². The van der Waals surface area contributed by atoms with E-state index in [1.807, 2.05) is 42.5 Å². The minimum atomic E-state index is -0.407. The van der Waals surface area contributed by atoms with E-state index in [1.165, 1.54) is 0 Å². The second-order valence-electron chi connectivity index (χ2n) is 4.43. The molecule has 0 aromatic heterocycles. The first kappa shape index (κ1) is 10.2. The van der Waals surface area contributed by atoms with E-state index < -0.39 is 5.60 Å². The van der Waals surface area contributed by atoms with Crippen molar-refractivity contribution in [1.82, 2.24) is 0 Å². The van der Waals surface area contributed by atoms with Gasteiger partial charge in [0.1, 0.15) is 6.61 Å². The SMILES string of the molecule is CC1(c2ccccc2)COc2ccccc2O1. The van der Waals surface area contributed by atoms with E-state index in [0.29, 0.717) is 6.61 Å². The molecule has 1 unspecified atom stereocenters. The fourth-order valence-corrected chi connectivity index (χ4v) is 2.07. The van der Waals surface area contributed by atoms with E-state index in [9.17, 15) is 0 Å². The van der Waals surface area contributed by atoms with Crippen LogP contribution >= 0.6 is 0 Å². The van der Waals surface area contributed by atoms with Gasteiger partial charge >= 0.3 is 0 Å². The summed E-state index contributed by atoms with van der Waals surface area (Å²) >= 11 is 0. The van der Waals surface area contributed by atoms with Crippen LogP contribution in [0.1, 0.15) is 12.5 Å². The van der Waals surface area contributed by atoms with Gasteiger partial charge in [-0.1, -0.05) is 42.5 Å². The first-order chi connectivity index (χ1) is 8.28. The Hall–Kier alpha value is -1.96. The van der Waals surface area contributed by atoms with Crippen molar-refractivity contribution in [1.29, 1.82) is 0 Å². The molecule has 0 fully saturated rings. The van der Waals surface area contributed by atoms with E-state index in [0.717, 1.165) is 17.1 Å². The maximum absolute atomic E-state index is 6.08. The Balaban J connectivity index is 1.98. The Morgan fingerprint density at radius 2 is 1.53 bits per heavy atom. The largest absolute Gasteiger partial charge is 0.485 e. The molecule has 2 nitrogen and oxygen atoms in total. The molecule has 0 saturated heterocycles. The molecular weight excluding hydrogens is 212 g/mol. The molecule has 2 heteroatoms. The van der Waals surface area contributed by atoms with Gasteiger partial charge in [0.15, 0.2) is 17.1 Å². The Labute approximate surface area is 101 Å². The van der Waals surface area contributed by atoms with Gasteiger partial charge in [0.05, 0.1) is 0 Å². The highest BCUT2D eigenvalue weighted by atomic mass is 16.6. The fraction of sp³-hybridized carbons (Fsp3) is 0.200. The normalized spacial score (nSPS) is 22.2. The van der Waals surface area contributed by atoms with E-state index in [2.05, 4.69) is 19.1 Å². The molecule has 86 valence electrons. The number of ether oxygens (including phenoxy) is 2. The van der Waals surface area contributed by atoms with Crippen LogP contribution in [0, 0.1) is 0 Å². The predicted molar refractivity (Wildman–Crippen MR) is 66.4 cm³/mol. The predicted octanol–water partition coefficient (Wildman–Crippen LogP) is 3.37. The lowest BCUT2D eigenvalue weighted by molar-refractivity contribution is 0.00249. The zero-order valence-electron chi connectivity index (χ0n) is 9.72. The van der Waals surface area contributed by atoms with Crippen molar-refractivity contribution in [2.24, 2.45) is 0 Å². The van der Waals surface area contributed by atoms with Crippen LogP contribution < -0.4 is 9.47 Å². The number of fused-ring (bicyclic) bond motifs is 1. The fourth-order valence-electron chi connectivity index (χ4n) is 2.07. The van der Waals surface area contributed by atoms with Crippen molar-refractivity contribution in [2.75, 3.05) is 6.61 Å². The van der Waals surface area contributed by atoms with Crippen LogP contribution in [0.4, 0.5) is 0 Å². The summed E-state index contributed by atoms with van der Waals surface area (Å²) in [6, 6.07) is 18.0. The first-order valence-electron chi connectivity index (χ1n) is 5.74. The maximum Gasteiger partial charge on any atom is 0.165 e. The highest BCUT2D eigenvalue weighted by molar-refractivity contribution is 5.42. The molecule has 2 aromatic carbocycles. The van der Waals surface area contributed by atoms with Crippen molar-refractivity contribution in [3.8, 4) is 11.5 Å². The van der Waals surface area contributed by atoms with E-state index in [4.69, 9.17) is 9.47 Å². The van der Waals surface area contributed by atoms with E-state index in [-0.39, 0.29) is 0 Å². The molecule has 0 saturated carbocycles. The summed E-state index contributed by atoms with van der Waals surface area (Å²) in [5.41, 5.74) is 0.727. The van der Waals surface area contributed by atoms with Gasteiger partial charge in [0.2, 0.25) is 0 Å². The third-order valence-electron chi connectivity index (χ3n) is 3.07. The third kappa shape index (κ3) is 1.76. The summed E-state index contributed by atoms with van der Waals surface area (Å²) in [6.45, 7) is 2.59. The van der Waals surface area contributed by atoms with Gasteiger partial charge in [-0.05, 0) is 24.6 Å². The summed E-state index contributed by atoms with van der Waals surface area (Å²) in [4.78, 5) is 0. The Morgan fingerprint density at radius 1 is 0.882 bits per heavy atom. The molecule has 3 rings (SSSR count). The zero-order valence-corrected chi connectivity index (χ0v) is 9.72. The molecule has 1 aliphatic heterocycles.